The van der Waals surface area contributed by atoms with Gasteiger partial charge in [-0.1, -0.05) is 6.07 Å². The van der Waals surface area contributed by atoms with E-state index in [4.69, 9.17) is 15.6 Å². The van der Waals surface area contributed by atoms with Crippen LogP contribution in [0.5, 0.6) is 11.5 Å². The maximum atomic E-state index is 10.9. The Balaban J connectivity index is 2.33. The molecule has 0 aliphatic carbocycles. The quantitative estimate of drug-likeness (QED) is 0.654. The fourth-order valence-corrected chi connectivity index (χ4v) is 1.93. The lowest BCUT2D eigenvalue weighted by atomic mass is 10.2. The molecule has 0 aromatic heterocycles. The van der Waals surface area contributed by atoms with E-state index in [0.29, 0.717) is 17.2 Å². The van der Waals surface area contributed by atoms with Crippen molar-refractivity contribution < 1.29 is 14.6 Å². The molecule has 2 aromatic rings. The second-order valence-corrected chi connectivity index (χ2v) is 4.86. The van der Waals surface area contributed by atoms with Gasteiger partial charge in [0.25, 0.3) is 0 Å². The van der Waals surface area contributed by atoms with Crippen LogP contribution in [-0.2, 0) is 0 Å². The zero-order valence-electron chi connectivity index (χ0n) is 9.26. The van der Waals surface area contributed by atoms with E-state index in [9.17, 15) is 4.79 Å². The molecule has 0 spiro atoms. The van der Waals surface area contributed by atoms with Gasteiger partial charge in [-0.05, 0) is 59.0 Å². The van der Waals surface area contributed by atoms with Crippen molar-refractivity contribution in [3.05, 3.63) is 51.6 Å². The molecule has 0 aliphatic heterocycles. The standard InChI is InChI=1S/C13H10INO3/c14-9-2-1-3-10(7-9)18-12-6-8(13(16)17)4-5-11(12)15/h1-7H,15H2,(H,16,17). The number of carboxylic acid groups (broad SMARTS) is 1. The molecule has 3 N–H and O–H groups in total. The van der Waals surface area contributed by atoms with E-state index in [1.807, 2.05) is 18.2 Å². The van der Waals surface area contributed by atoms with E-state index in [0.717, 1.165) is 3.57 Å². The van der Waals surface area contributed by atoms with Gasteiger partial charge in [0.1, 0.15) is 5.75 Å². The summed E-state index contributed by atoms with van der Waals surface area (Å²) in [6, 6.07) is 11.8. The normalized spacial score (nSPS) is 10.1. The van der Waals surface area contributed by atoms with Crippen molar-refractivity contribution in [2.45, 2.75) is 0 Å². The molecule has 18 heavy (non-hydrogen) atoms. The zero-order chi connectivity index (χ0) is 13.1. The number of halogens is 1. The summed E-state index contributed by atoms with van der Waals surface area (Å²) in [4.78, 5) is 10.9. The minimum absolute atomic E-state index is 0.143. The Kier molecular flexibility index (Phi) is 3.71. The second-order valence-electron chi connectivity index (χ2n) is 3.62. The van der Waals surface area contributed by atoms with Crippen LogP contribution < -0.4 is 10.5 Å². The maximum absolute atomic E-state index is 10.9. The van der Waals surface area contributed by atoms with Crippen LogP contribution >= 0.6 is 22.6 Å². The van der Waals surface area contributed by atoms with Gasteiger partial charge >= 0.3 is 5.97 Å². The summed E-state index contributed by atoms with van der Waals surface area (Å²) in [7, 11) is 0. The highest BCUT2D eigenvalue weighted by Gasteiger charge is 2.08. The van der Waals surface area contributed by atoms with Crippen LogP contribution in [0.1, 0.15) is 10.4 Å². The number of hydrogen-bond acceptors (Lipinski definition) is 3. The van der Waals surface area contributed by atoms with E-state index < -0.39 is 5.97 Å². The van der Waals surface area contributed by atoms with Crippen molar-refractivity contribution in [2.75, 3.05) is 5.73 Å². The molecule has 0 atom stereocenters. The monoisotopic (exact) mass is 355 g/mol. The van der Waals surface area contributed by atoms with E-state index in [2.05, 4.69) is 22.6 Å². The fraction of sp³-hybridized carbons (Fsp3) is 0. The number of nitrogen functional groups attached to an aromatic ring is 1. The minimum Gasteiger partial charge on any atom is -0.478 e. The molecule has 0 radical (unpaired) electrons. The average molecular weight is 355 g/mol. The Morgan fingerprint density at radius 1 is 1.22 bits per heavy atom. The highest BCUT2D eigenvalue weighted by molar-refractivity contribution is 14.1. The van der Waals surface area contributed by atoms with Crippen molar-refractivity contribution in [3.8, 4) is 11.5 Å². The van der Waals surface area contributed by atoms with Crippen molar-refractivity contribution in [1.82, 2.24) is 0 Å². The van der Waals surface area contributed by atoms with Gasteiger partial charge < -0.3 is 15.6 Å². The number of hydrogen-bond donors (Lipinski definition) is 2. The molecule has 0 amide bonds. The van der Waals surface area contributed by atoms with Crippen LogP contribution in [0.15, 0.2) is 42.5 Å². The number of ether oxygens (including phenoxy) is 1. The SMILES string of the molecule is Nc1ccc(C(=O)O)cc1Oc1cccc(I)c1. The predicted molar refractivity (Wildman–Crippen MR) is 77.0 cm³/mol. The second kappa shape index (κ2) is 5.26. The summed E-state index contributed by atoms with van der Waals surface area (Å²) in [6.45, 7) is 0. The largest absolute Gasteiger partial charge is 0.478 e. The number of carbonyl (C=O) groups is 1. The number of rotatable bonds is 3. The van der Waals surface area contributed by atoms with Gasteiger partial charge in [-0.15, -0.1) is 0 Å². The first-order valence-electron chi connectivity index (χ1n) is 5.12. The first kappa shape index (κ1) is 12.7. The number of carboxylic acids is 1. The average Bonchev–Trinajstić information content (AvgIpc) is 2.31. The molecule has 2 aromatic carbocycles. The Bertz CT molecular complexity index is 599. The topological polar surface area (TPSA) is 72.6 Å². The zero-order valence-corrected chi connectivity index (χ0v) is 11.4. The van der Waals surface area contributed by atoms with E-state index >= 15 is 0 Å². The Morgan fingerprint density at radius 3 is 2.67 bits per heavy atom. The van der Waals surface area contributed by atoms with Crippen LogP contribution in [0.3, 0.4) is 0 Å². The highest BCUT2D eigenvalue weighted by Crippen LogP contribution is 2.29. The van der Waals surface area contributed by atoms with Crippen LogP contribution in [0.2, 0.25) is 0 Å². The van der Waals surface area contributed by atoms with Gasteiger partial charge in [0.2, 0.25) is 0 Å². The van der Waals surface area contributed by atoms with Gasteiger partial charge in [-0.2, -0.15) is 0 Å². The van der Waals surface area contributed by atoms with Gasteiger partial charge in [0.15, 0.2) is 5.75 Å². The summed E-state index contributed by atoms with van der Waals surface area (Å²) in [5.74, 6) is -0.0458. The van der Waals surface area contributed by atoms with Crippen LogP contribution in [-0.4, -0.2) is 11.1 Å². The molecule has 0 aliphatic rings. The smallest absolute Gasteiger partial charge is 0.335 e. The number of anilines is 1. The molecule has 0 bridgehead atoms. The highest BCUT2D eigenvalue weighted by atomic mass is 127. The van der Waals surface area contributed by atoms with Gasteiger partial charge in [-0.25, -0.2) is 4.79 Å². The summed E-state index contributed by atoms with van der Waals surface area (Å²) in [5, 5.41) is 8.91. The van der Waals surface area contributed by atoms with Crippen LogP contribution in [0.4, 0.5) is 5.69 Å². The lowest BCUT2D eigenvalue weighted by molar-refractivity contribution is 0.0696. The predicted octanol–water partition coefficient (Wildman–Crippen LogP) is 3.36. The maximum Gasteiger partial charge on any atom is 0.335 e. The Morgan fingerprint density at radius 2 is 2.00 bits per heavy atom. The molecule has 0 saturated carbocycles. The van der Waals surface area contributed by atoms with Crippen molar-refractivity contribution in [1.29, 1.82) is 0 Å². The molecular weight excluding hydrogens is 345 g/mol. The molecule has 92 valence electrons. The first-order valence-corrected chi connectivity index (χ1v) is 6.20. The van der Waals surface area contributed by atoms with Gasteiger partial charge in [-0.3, -0.25) is 0 Å². The van der Waals surface area contributed by atoms with E-state index in [-0.39, 0.29) is 5.56 Å². The molecule has 0 unspecified atom stereocenters. The van der Waals surface area contributed by atoms with Crippen molar-refractivity contribution >= 4 is 34.2 Å². The van der Waals surface area contributed by atoms with E-state index in [1.54, 1.807) is 6.07 Å². The molecule has 2 rings (SSSR count). The molecule has 5 heteroatoms. The number of aromatic carboxylic acids is 1. The molecular formula is C13H10INO3. The van der Waals surface area contributed by atoms with Crippen molar-refractivity contribution in [3.63, 3.8) is 0 Å². The number of benzene rings is 2. The van der Waals surface area contributed by atoms with E-state index in [1.165, 1.54) is 18.2 Å². The lowest BCUT2D eigenvalue weighted by Gasteiger charge is -2.09. The van der Waals surface area contributed by atoms with Gasteiger partial charge in [0.05, 0.1) is 11.3 Å². The summed E-state index contributed by atoms with van der Waals surface area (Å²) in [6.07, 6.45) is 0. The third kappa shape index (κ3) is 2.92. The van der Waals surface area contributed by atoms with Gasteiger partial charge in [0, 0.05) is 3.57 Å². The Labute approximate surface area is 118 Å². The van der Waals surface area contributed by atoms with Crippen LogP contribution in [0.25, 0.3) is 0 Å². The minimum atomic E-state index is -1.01. The summed E-state index contributed by atoms with van der Waals surface area (Å²) in [5.41, 5.74) is 6.30. The molecule has 0 fully saturated rings. The molecule has 4 nitrogen and oxygen atoms in total. The van der Waals surface area contributed by atoms with Crippen LogP contribution in [0, 0.1) is 3.57 Å². The Hall–Kier alpha value is -1.76. The fourth-order valence-electron chi connectivity index (χ4n) is 1.41. The molecule has 0 saturated heterocycles. The third-order valence-electron chi connectivity index (χ3n) is 2.28. The molecule has 0 heterocycles. The number of nitrogens with two attached hydrogens (primary N) is 1. The third-order valence-corrected chi connectivity index (χ3v) is 2.96. The summed E-state index contributed by atoms with van der Waals surface area (Å²) >= 11 is 2.17. The lowest BCUT2D eigenvalue weighted by Crippen LogP contribution is -1.99. The first-order chi connectivity index (χ1) is 8.56. The van der Waals surface area contributed by atoms with Crippen molar-refractivity contribution in [2.24, 2.45) is 0 Å². The summed E-state index contributed by atoms with van der Waals surface area (Å²) < 4.78 is 6.61.